The molecule has 1 atom stereocenters. The quantitative estimate of drug-likeness (QED) is 0.869. The highest BCUT2D eigenvalue weighted by Gasteiger charge is 2.27. The van der Waals surface area contributed by atoms with Gasteiger partial charge in [0.15, 0.2) is 0 Å². The Morgan fingerprint density at radius 3 is 2.94 bits per heavy atom. The summed E-state index contributed by atoms with van der Waals surface area (Å²) >= 11 is 3.43. The average molecular weight is 286 g/mol. The molecule has 1 saturated carbocycles. The highest BCUT2D eigenvalue weighted by molar-refractivity contribution is 9.10. The molecule has 16 heavy (non-hydrogen) atoms. The van der Waals surface area contributed by atoms with Crippen LogP contribution in [0.15, 0.2) is 22.7 Å². The molecule has 1 fully saturated rings. The number of benzene rings is 1. The Morgan fingerprint density at radius 2 is 2.25 bits per heavy atom. The number of nitrogens with one attached hydrogen (secondary N) is 1. The number of halogens is 2. The van der Waals surface area contributed by atoms with Gasteiger partial charge in [-0.05, 0) is 55.0 Å². The van der Waals surface area contributed by atoms with Crippen molar-refractivity contribution in [1.29, 1.82) is 0 Å². The SMILES string of the molecule is CC(CNCc1cc(F)ccc1Br)C1CC1. The maximum absolute atomic E-state index is 13.0. The molecule has 0 amide bonds. The first kappa shape index (κ1) is 12.1. The van der Waals surface area contributed by atoms with E-state index in [1.807, 2.05) is 0 Å². The van der Waals surface area contributed by atoms with E-state index in [1.54, 1.807) is 12.1 Å². The second kappa shape index (κ2) is 5.28. The fourth-order valence-electron chi connectivity index (χ4n) is 1.95. The molecule has 0 heterocycles. The van der Waals surface area contributed by atoms with E-state index in [1.165, 1.54) is 18.9 Å². The van der Waals surface area contributed by atoms with Crippen LogP contribution in [0.2, 0.25) is 0 Å². The van der Waals surface area contributed by atoms with Crippen molar-refractivity contribution in [2.45, 2.75) is 26.3 Å². The second-order valence-electron chi connectivity index (χ2n) is 4.68. The van der Waals surface area contributed by atoms with Gasteiger partial charge in [-0.1, -0.05) is 22.9 Å². The average Bonchev–Trinajstić information content (AvgIpc) is 3.06. The van der Waals surface area contributed by atoms with Gasteiger partial charge in [0.25, 0.3) is 0 Å². The molecule has 0 aliphatic heterocycles. The van der Waals surface area contributed by atoms with E-state index >= 15 is 0 Å². The summed E-state index contributed by atoms with van der Waals surface area (Å²) in [6.45, 7) is 4.04. The first-order chi connectivity index (χ1) is 7.66. The third-order valence-corrected chi connectivity index (χ3v) is 3.99. The lowest BCUT2D eigenvalue weighted by Crippen LogP contribution is -2.22. The van der Waals surface area contributed by atoms with Gasteiger partial charge >= 0.3 is 0 Å². The number of hydrogen-bond donors (Lipinski definition) is 1. The van der Waals surface area contributed by atoms with E-state index in [0.717, 1.165) is 35.0 Å². The van der Waals surface area contributed by atoms with Gasteiger partial charge < -0.3 is 5.32 Å². The van der Waals surface area contributed by atoms with Crippen molar-refractivity contribution >= 4 is 15.9 Å². The van der Waals surface area contributed by atoms with Crippen molar-refractivity contribution in [1.82, 2.24) is 5.32 Å². The summed E-state index contributed by atoms with van der Waals surface area (Å²) in [6, 6.07) is 4.82. The van der Waals surface area contributed by atoms with Crippen molar-refractivity contribution in [2.75, 3.05) is 6.54 Å². The van der Waals surface area contributed by atoms with Crippen LogP contribution in [0.3, 0.4) is 0 Å². The van der Waals surface area contributed by atoms with E-state index in [0.29, 0.717) is 0 Å². The predicted molar refractivity (Wildman–Crippen MR) is 67.7 cm³/mol. The molecule has 0 radical (unpaired) electrons. The highest BCUT2D eigenvalue weighted by Crippen LogP contribution is 2.36. The van der Waals surface area contributed by atoms with Gasteiger partial charge in [0.2, 0.25) is 0 Å². The van der Waals surface area contributed by atoms with Gasteiger partial charge in [-0.15, -0.1) is 0 Å². The molecule has 0 bridgehead atoms. The lowest BCUT2D eigenvalue weighted by atomic mass is 10.1. The Labute approximate surface area is 105 Å². The molecule has 0 spiro atoms. The predicted octanol–water partition coefficient (Wildman–Crippen LogP) is 3.72. The Balaban J connectivity index is 1.81. The van der Waals surface area contributed by atoms with E-state index in [-0.39, 0.29) is 5.82 Å². The minimum Gasteiger partial charge on any atom is -0.312 e. The molecule has 1 unspecified atom stereocenters. The zero-order valence-electron chi connectivity index (χ0n) is 9.47. The molecule has 1 aromatic carbocycles. The van der Waals surface area contributed by atoms with Gasteiger partial charge in [-0.2, -0.15) is 0 Å². The Hall–Kier alpha value is -0.410. The summed E-state index contributed by atoms with van der Waals surface area (Å²) in [6.07, 6.45) is 2.76. The van der Waals surface area contributed by atoms with Crippen molar-refractivity contribution in [2.24, 2.45) is 11.8 Å². The summed E-state index contributed by atoms with van der Waals surface area (Å²) in [4.78, 5) is 0. The van der Waals surface area contributed by atoms with Crippen molar-refractivity contribution in [3.05, 3.63) is 34.1 Å². The zero-order chi connectivity index (χ0) is 11.5. The third-order valence-electron chi connectivity index (χ3n) is 3.22. The van der Waals surface area contributed by atoms with Crippen molar-refractivity contribution in [3.8, 4) is 0 Å². The standard InChI is InChI=1S/C13H17BrFN/c1-9(10-2-3-10)7-16-8-11-6-12(15)4-5-13(11)14/h4-6,9-10,16H,2-3,7-8H2,1H3. The highest BCUT2D eigenvalue weighted by atomic mass is 79.9. The van der Waals surface area contributed by atoms with Crippen molar-refractivity contribution in [3.63, 3.8) is 0 Å². The lowest BCUT2D eigenvalue weighted by Gasteiger charge is -2.12. The third kappa shape index (κ3) is 3.29. The Bertz CT molecular complexity index is 363. The molecule has 1 aliphatic carbocycles. The monoisotopic (exact) mass is 285 g/mol. The molecule has 1 nitrogen and oxygen atoms in total. The first-order valence-electron chi connectivity index (χ1n) is 5.81. The first-order valence-corrected chi connectivity index (χ1v) is 6.61. The van der Waals surface area contributed by atoms with E-state index in [4.69, 9.17) is 0 Å². The van der Waals surface area contributed by atoms with Gasteiger partial charge in [0.1, 0.15) is 5.82 Å². The molecule has 1 aliphatic rings. The maximum Gasteiger partial charge on any atom is 0.123 e. The Kier molecular flexibility index (Phi) is 3.98. The molecule has 0 saturated heterocycles. The van der Waals surface area contributed by atoms with Gasteiger partial charge in [0.05, 0.1) is 0 Å². The Morgan fingerprint density at radius 1 is 1.50 bits per heavy atom. The summed E-state index contributed by atoms with van der Waals surface area (Å²) in [7, 11) is 0. The van der Waals surface area contributed by atoms with Crippen LogP contribution in [-0.4, -0.2) is 6.54 Å². The van der Waals surface area contributed by atoms with Crippen molar-refractivity contribution < 1.29 is 4.39 Å². The minimum absolute atomic E-state index is 0.171. The molecule has 2 rings (SSSR count). The van der Waals surface area contributed by atoms with Crippen LogP contribution >= 0.6 is 15.9 Å². The van der Waals surface area contributed by atoms with Crippen LogP contribution in [0.5, 0.6) is 0 Å². The summed E-state index contributed by atoms with van der Waals surface area (Å²) < 4.78 is 14.0. The lowest BCUT2D eigenvalue weighted by molar-refractivity contribution is 0.461. The van der Waals surface area contributed by atoms with Crippen LogP contribution in [0, 0.1) is 17.7 Å². The molecular formula is C13H17BrFN. The number of hydrogen-bond acceptors (Lipinski definition) is 1. The zero-order valence-corrected chi connectivity index (χ0v) is 11.1. The van der Waals surface area contributed by atoms with Crippen LogP contribution in [0.4, 0.5) is 4.39 Å². The fourth-order valence-corrected chi connectivity index (χ4v) is 2.33. The van der Waals surface area contributed by atoms with Crippen LogP contribution < -0.4 is 5.32 Å². The summed E-state index contributed by atoms with van der Waals surface area (Å²) in [5, 5.41) is 3.39. The van der Waals surface area contributed by atoms with Crippen LogP contribution in [-0.2, 0) is 6.54 Å². The van der Waals surface area contributed by atoms with Gasteiger partial charge in [-0.25, -0.2) is 4.39 Å². The summed E-state index contributed by atoms with van der Waals surface area (Å²) in [5.41, 5.74) is 0.989. The van der Waals surface area contributed by atoms with Crippen LogP contribution in [0.1, 0.15) is 25.3 Å². The summed E-state index contributed by atoms with van der Waals surface area (Å²) in [5.74, 6) is 1.49. The van der Waals surface area contributed by atoms with E-state index in [9.17, 15) is 4.39 Å². The van der Waals surface area contributed by atoms with Gasteiger partial charge in [-0.3, -0.25) is 0 Å². The van der Waals surface area contributed by atoms with E-state index < -0.39 is 0 Å². The second-order valence-corrected chi connectivity index (χ2v) is 5.54. The molecule has 0 aromatic heterocycles. The minimum atomic E-state index is -0.171. The molecule has 1 aromatic rings. The molecule has 1 N–H and O–H groups in total. The molecular weight excluding hydrogens is 269 g/mol. The fraction of sp³-hybridized carbons (Fsp3) is 0.538. The normalized spacial score (nSPS) is 17.4. The molecule has 88 valence electrons. The molecule has 3 heteroatoms. The number of rotatable bonds is 5. The maximum atomic E-state index is 13.0. The smallest absolute Gasteiger partial charge is 0.123 e. The largest absolute Gasteiger partial charge is 0.312 e. The van der Waals surface area contributed by atoms with E-state index in [2.05, 4.69) is 28.2 Å². The van der Waals surface area contributed by atoms with Gasteiger partial charge in [0, 0.05) is 11.0 Å². The van der Waals surface area contributed by atoms with Crippen LogP contribution in [0.25, 0.3) is 0 Å². The topological polar surface area (TPSA) is 12.0 Å².